The Hall–Kier alpha value is -1.59. The summed E-state index contributed by atoms with van der Waals surface area (Å²) in [6.07, 6.45) is 0. The third-order valence-electron chi connectivity index (χ3n) is 2.73. The van der Waals surface area contributed by atoms with Crippen LogP contribution in [0.4, 0.5) is 0 Å². The normalized spacial score (nSPS) is 10.7. The molecule has 0 bridgehead atoms. The van der Waals surface area contributed by atoms with E-state index in [9.17, 15) is 0 Å². The number of aryl methyl sites for hydroxylation is 1. The Morgan fingerprint density at radius 1 is 1.44 bits per heavy atom. The largest absolute Gasteiger partial charge is 0.496 e. The molecule has 6 heteroatoms. The molecule has 1 aromatic heterocycles. The van der Waals surface area contributed by atoms with Crippen LogP contribution in [0.1, 0.15) is 17.0 Å². The van der Waals surface area contributed by atoms with E-state index in [0.29, 0.717) is 22.3 Å². The number of nitrogens with two attached hydrogens (primary N) is 1. The molecule has 0 spiro atoms. The molecular weight excluding hydrogens is 254 g/mol. The van der Waals surface area contributed by atoms with Crippen LogP contribution in [-0.4, -0.2) is 17.3 Å². The van der Waals surface area contributed by atoms with E-state index in [1.54, 1.807) is 7.11 Å². The fraction of sp³-hybridized carbons (Fsp3) is 0.333. The number of nitrogens with zero attached hydrogens (tertiary/aromatic N) is 2. The first-order valence-corrected chi connectivity index (χ1v) is 5.83. The van der Waals surface area contributed by atoms with Crippen molar-refractivity contribution in [2.45, 2.75) is 20.4 Å². The van der Waals surface area contributed by atoms with E-state index in [1.807, 2.05) is 19.9 Å². The summed E-state index contributed by atoms with van der Waals surface area (Å²) in [5.74, 6) is 1.57. The molecule has 0 aliphatic heterocycles. The second-order valence-electron chi connectivity index (χ2n) is 3.92. The highest BCUT2D eigenvalue weighted by atomic mass is 35.5. The van der Waals surface area contributed by atoms with E-state index in [4.69, 9.17) is 26.6 Å². The molecular formula is C12H14ClN3O2. The van der Waals surface area contributed by atoms with Gasteiger partial charge in [0.25, 0.3) is 0 Å². The predicted molar refractivity (Wildman–Crippen MR) is 68.7 cm³/mol. The monoisotopic (exact) mass is 267 g/mol. The first kappa shape index (κ1) is 12.9. The molecule has 0 atom stereocenters. The predicted octanol–water partition coefficient (Wildman–Crippen LogP) is 2.47. The highest BCUT2D eigenvalue weighted by Crippen LogP contribution is 2.37. The van der Waals surface area contributed by atoms with Crippen molar-refractivity contribution in [1.82, 2.24) is 10.1 Å². The van der Waals surface area contributed by atoms with Crippen LogP contribution in [-0.2, 0) is 6.54 Å². The summed E-state index contributed by atoms with van der Waals surface area (Å²) in [6.45, 7) is 4.04. The van der Waals surface area contributed by atoms with E-state index in [0.717, 1.165) is 16.9 Å². The average molecular weight is 268 g/mol. The summed E-state index contributed by atoms with van der Waals surface area (Å²) >= 11 is 6.24. The number of rotatable bonds is 3. The van der Waals surface area contributed by atoms with Crippen molar-refractivity contribution in [1.29, 1.82) is 0 Å². The van der Waals surface area contributed by atoms with Crippen molar-refractivity contribution in [3.63, 3.8) is 0 Å². The van der Waals surface area contributed by atoms with Gasteiger partial charge in [0.2, 0.25) is 11.7 Å². The third kappa shape index (κ3) is 2.07. The summed E-state index contributed by atoms with van der Waals surface area (Å²) in [6, 6.07) is 1.82. The Balaban J connectivity index is 2.63. The van der Waals surface area contributed by atoms with E-state index in [2.05, 4.69) is 10.1 Å². The van der Waals surface area contributed by atoms with Gasteiger partial charge in [0.1, 0.15) is 5.75 Å². The highest BCUT2D eigenvalue weighted by molar-refractivity contribution is 6.33. The fourth-order valence-corrected chi connectivity index (χ4v) is 2.33. The molecule has 0 fully saturated rings. The summed E-state index contributed by atoms with van der Waals surface area (Å²) < 4.78 is 10.4. The molecule has 1 aromatic carbocycles. The minimum absolute atomic E-state index is 0.201. The number of ether oxygens (including phenoxy) is 1. The lowest BCUT2D eigenvalue weighted by molar-refractivity contribution is 0.380. The van der Waals surface area contributed by atoms with Crippen molar-refractivity contribution in [2.75, 3.05) is 7.11 Å². The number of hydrogen-bond acceptors (Lipinski definition) is 5. The zero-order chi connectivity index (χ0) is 13.3. The van der Waals surface area contributed by atoms with Gasteiger partial charge in [-0.3, -0.25) is 0 Å². The van der Waals surface area contributed by atoms with Gasteiger partial charge >= 0.3 is 0 Å². The number of hydrogen-bond donors (Lipinski definition) is 1. The standard InChI is InChI=1S/C12H14ClN3O2/c1-6-4-8(13)10(7(2)11(6)17-3)12-15-9(5-14)18-16-12/h4H,5,14H2,1-3H3. The Bertz CT molecular complexity index is 581. The van der Waals surface area contributed by atoms with Gasteiger partial charge in [-0.05, 0) is 25.5 Å². The molecule has 0 radical (unpaired) electrons. The van der Waals surface area contributed by atoms with Crippen LogP contribution < -0.4 is 10.5 Å². The van der Waals surface area contributed by atoms with Crippen LogP contribution in [0.3, 0.4) is 0 Å². The second-order valence-corrected chi connectivity index (χ2v) is 4.33. The molecule has 2 rings (SSSR count). The van der Waals surface area contributed by atoms with Gasteiger partial charge in [0.15, 0.2) is 0 Å². The van der Waals surface area contributed by atoms with Crippen LogP contribution in [0, 0.1) is 13.8 Å². The van der Waals surface area contributed by atoms with Gasteiger partial charge in [0.05, 0.1) is 18.7 Å². The first-order valence-electron chi connectivity index (χ1n) is 5.45. The Morgan fingerprint density at radius 2 is 2.17 bits per heavy atom. The molecule has 0 aliphatic carbocycles. The molecule has 96 valence electrons. The molecule has 5 nitrogen and oxygen atoms in total. The summed E-state index contributed by atoms with van der Waals surface area (Å²) in [7, 11) is 1.62. The minimum atomic E-state index is 0.201. The molecule has 0 unspecified atom stereocenters. The van der Waals surface area contributed by atoms with Crippen molar-refractivity contribution >= 4 is 11.6 Å². The highest BCUT2D eigenvalue weighted by Gasteiger charge is 2.18. The van der Waals surface area contributed by atoms with Crippen molar-refractivity contribution in [2.24, 2.45) is 5.73 Å². The third-order valence-corrected chi connectivity index (χ3v) is 3.02. The smallest absolute Gasteiger partial charge is 0.240 e. The van der Waals surface area contributed by atoms with Crippen LogP contribution in [0.2, 0.25) is 5.02 Å². The SMILES string of the molecule is COc1c(C)cc(Cl)c(-c2noc(CN)n2)c1C. The van der Waals surface area contributed by atoms with E-state index >= 15 is 0 Å². The Kier molecular flexibility index (Phi) is 3.54. The number of halogens is 1. The van der Waals surface area contributed by atoms with Crippen LogP contribution in [0.25, 0.3) is 11.4 Å². The summed E-state index contributed by atoms with van der Waals surface area (Å²) in [5, 5.41) is 4.44. The molecule has 0 saturated heterocycles. The van der Waals surface area contributed by atoms with Gasteiger partial charge in [0, 0.05) is 11.1 Å². The first-order chi connectivity index (χ1) is 8.58. The van der Waals surface area contributed by atoms with Crippen molar-refractivity contribution in [3.8, 4) is 17.1 Å². The van der Waals surface area contributed by atoms with E-state index in [1.165, 1.54) is 0 Å². The second kappa shape index (κ2) is 4.96. The lowest BCUT2D eigenvalue weighted by Gasteiger charge is -2.12. The van der Waals surface area contributed by atoms with Gasteiger partial charge in [-0.2, -0.15) is 4.98 Å². The molecule has 0 saturated carbocycles. The van der Waals surface area contributed by atoms with Crippen LogP contribution in [0.15, 0.2) is 10.6 Å². The number of benzene rings is 1. The van der Waals surface area contributed by atoms with E-state index < -0.39 is 0 Å². The maximum absolute atomic E-state index is 6.24. The van der Waals surface area contributed by atoms with E-state index in [-0.39, 0.29) is 6.54 Å². The Labute approximate surface area is 110 Å². The van der Waals surface area contributed by atoms with Crippen LogP contribution >= 0.6 is 11.6 Å². The topological polar surface area (TPSA) is 74.2 Å². The molecule has 2 N–H and O–H groups in total. The average Bonchev–Trinajstić information content (AvgIpc) is 2.77. The van der Waals surface area contributed by atoms with Gasteiger partial charge < -0.3 is 15.0 Å². The number of methoxy groups -OCH3 is 1. The molecule has 0 amide bonds. The fourth-order valence-electron chi connectivity index (χ4n) is 1.94. The molecule has 1 heterocycles. The van der Waals surface area contributed by atoms with Gasteiger partial charge in [-0.25, -0.2) is 0 Å². The lowest BCUT2D eigenvalue weighted by Crippen LogP contribution is -1.97. The molecule has 0 aliphatic rings. The number of aromatic nitrogens is 2. The van der Waals surface area contributed by atoms with Gasteiger partial charge in [-0.15, -0.1) is 0 Å². The Morgan fingerprint density at radius 3 is 2.72 bits per heavy atom. The summed E-state index contributed by atoms with van der Waals surface area (Å²) in [5.41, 5.74) is 8.00. The van der Waals surface area contributed by atoms with Gasteiger partial charge in [-0.1, -0.05) is 16.8 Å². The van der Waals surface area contributed by atoms with Crippen molar-refractivity contribution < 1.29 is 9.26 Å². The molecule has 2 aromatic rings. The van der Waals surface area contributed by atoms with Crippen LogP contribution in [0.5, 0.6) is 5.75 Å². The lowest BCUT2D eigenvalue weighted by atomic mass is 10.0. The minimum Gasteiger partial charge on any atom is -0.496 e. The maximum atomic E-state index is 6.24. The zero-order valence-corrected chi connectivity index (χ0v) is 11.2. The van der Waals surface area contributed by atoms with Crippen molar-refractivity contribution in [3.05, 3.63) is 28.1 Å². The summed E-state index contributed by atoms with van der Waals surface area (Å²) in [4.78, 5) is 4.18. The molecule has 18 heavy (non-hydrogen) atoms. The quantitative estimate of drug-likeness (QED) is 0.925. The zero-order valence-electron chi connectivity index (χ0n) is 10.5. The maximum Gasteiger partial charge on any atom is 0.240 e.